The molecule has 0 aliphatic rings. The van der Waals surface area contributed by atoms with E-state index in [2.05, 4.69) is 0 Å². The van der Waals surface area contributed by atoms with E-state index in [4.69, 9.17) is 44.5 Å². The van der Waals surface area contributed by atoms with Crippen molar-refractivity contribution in [2.75, 3.05) is 6.61 Å². The van der Waals surface area contributed by atoms with E-state index in [1.54, 1.807) is 13.8 Å². The molecule has 0 saturated heterocycles. The minimum atomic E-state index is -1.83. The molecule has 0 aromatic carbocycles. The highest BCUT2D eigenvalue weighted by Crippen LogP contribution is 2.08. The minimum Gasteiger partial charge on any atom is -0.463 e. The topological polar surface area (TPSA) is 160 Å². The molecule has 4 N–H and O–H groups in total. The molecular weight excluding hydrogens is 304 g/mol. The summed E-state index contributed by atoms with van der Waals surface area (Å²) in [7, 11) is 0. The Bertz CT molecular complexity index is 347. The predicted molar refractivity (Wildman–Crippen MR) is 73.6 cm³/mol. The number of carbonyl (C=O) groups is 3. The molecule has 0 rings (SSSR count). The van der Waals surface area contributed by atoms with Crippen LogP contribution in [0.5, 0.6) is 0 Å². The Morgan fingerprint density at radius 1 is 1.00 bits per heavy atom. The van der Waals surface area contributed by atoms with Crippen LogP contribution in [-0.2, 0) is 19.3 Å². The summed E-state index contributed by atoms with van der Waals surface area (Å²) in [5.74, 6) is -0.398. The highest BCUT2D eigenvalue weighted by Gasteiger charge is 2.12. The summed E-state index contributed by atoms with van der Waals surface area (Å²) in [5.41, 5.74) is -0.0260. The molecule has 0 aromatic rings. The van der Waals surface area contributed by atoms with Crippen LogP contribution in [0.1, 0.15) is 34.6 Å². The number of rotatable bonds is 4. The van der Waals surface area contributed by atoms with E-state index in [1.165, 1.54) is 6.26 Å². The van der Waals surface area contributed by atoms with Crippen LogP contribution in [0.2, 0.25) is 0 Å². The normalized spacial score (nSPS) is 10.1. The summed E-state index contributed by atoms with van der Waals surface area (Å²) in [6.07, 6.45) is -2.43. The van der Waals surface area contributed by atoms with Crippen molar-refractivity contribution in [1.29, 1.82) is 0 Å². The minimum absolute atomic E-state index is 0.351. The first-order valence-electron chi connectivity index (χ1n) is 5.85. The van der Waals surface area contributed by atoms with Gasteiger partial charge in [0.2, 0.25) is 0 Å². The first-order valence-corrected chi connectivity index (χ1v) is 5.85. The first kappa shape index (κ1) is 24.5. The fraction of sp³-hybridized carbons (Fsp3) is 0.583. The number of hydrogen-bond donors (Lipinski definition) is 4. The van der Waals surface area contributed by atoms with Gasteiger partial charge in [0.1, 0.15) is 11.9 Å². The molecule has 0 saturated carbocycles. The van der Waals surface area contributed by atoms with Crippen molar-refractivity contribution in [3.63, 3.8) is 0 Å². The summed E-state index contributed by atoms with van der Waals surface area (Å²) in [6.45, 7) is 9.24. The number of carboxylic acid groups (broad SMARTS) is 4. The lowest BCUT2D eigenvalue weighted by Crippen LogP contribution is -2.18. The van der Waals surface area contributed by atoms with E-state index in [-0.39, 0.29) is 0 Å². The third kappa shape index (κ3) is 36.0. The van der Waals surface area contributed by atoms with Crippen LogP contribution >= 0.6 is 0 Å². The van der Waals surface area contributed by atoms with Crippen molar-refractivity contribution in [2.24, 2.45) is 0 Å². The maximum absolute atomic E-state index is 11.1. The monoisotopic (exact) mass is 326 g/mol. The maximum atomic E-state index is 11.1. The predicted octanol–water partition coefficient (Wildman–Crippen LogP) is 2.64. The second kappa shape index (κ2) is 13.5. The van der Waals surface area contributed by atoms with E-state index < -0.39 is 23.9 Å². The zero-order valence-corrected chi connectivity index (χ0v) is 13.0. The van der Waals surface area contributed by atoms with Gasteiger partial charge in [0.15, 0.2) is 0 Å². The molecule has 130 valence electrons. The number of carbonyl (C=O) groups excluding carboxylic acids is 1. The van der Waals surface area contributed by atoms with Gasteiger partial charge < -0.3 is 30.1 Å². The van der Waals surface area contributed by atoms with Gasteiger partial charge in [-0.25, -0.2) is 14.4 Å². The molecule has 0 atom stereocenters. The summed E-state index contributed by atoms with van der Waals surface area (Å²) in [5, 5.41) is 27.9. The molecule has 0 aliphatic carbocycles. The van der Waals surface area contributed by atoms with Crippen LogP contribution in [0.3, 0.4) is 0 Å². The Balaban J connectivity index is -0.000000372. The third-order valence-electron chi connectivity index (χ3n) is 1.12. The molecule has 0 spiro atoms. The molecule has 0 unspecified atom stereocenters. The average Bonchev–Trinajstić information content (AvgIpc) is 2.25. The summed E-state index contributed by atoms with van der Waals surface area (Å²) < 4.78 is 4.74. The molecule has 22 heavy (non-hydrogen) atoms. The van der Waals surface area contributed by atoms with Crippen LogP contribution in [0.15, 0.2) is 11.8 Å². The molecule has 0 aromatic heterocycles. The largest absolute Gasteiger partial charge is 0.503 e. The van der Waals surface area contributed by atoms with Crippen molar-refractivity contribution in [3.05, 3.63) is 11.8 Å². The zero-order valence-electron chi connectivity index (χ0n) is 13.0. The van der Waals surface area contributed by atoms with Gasteiger partial charge >= 0.3 is 18.3 Å². The Labute approximate surface area is 127 Å². The molecule has 0 radical (unpaired) electrons. The van der Waals surface area contributed by atoms with E-state index in [0.29, 0.717) is 12.2 Å². The van der Waals surface area contributed by atoms with Crippen LogP contribution in [-0.4, -0.2) is 50.9 Å². The smallest absolute Gasteiger partial charge is 0.463 e. The second-order valence-corrected chi connectivity index (χ2v) is 4.38. The quantitative estimate of drug-likeness (QED) is 0.199. The molecule has 0 fully saturated rings. The molecule has 0 aliphatic heterocycles. The lowest BCUT2D eigenvalue weighted by atomic mass is 10.2. The highest BCUT2D eigenvalue weighted by atomic mass is 17.2. The van der Waals surface area contributed by atoms with E-state index in [1.807, 2.05) is 20.8 Å². The van der Waals surface area contributed by atoms with Gasteiger partial charge in [0, 0.05) is 0 Å². The number of esters is 1. The van der Waals surface area contributed by atoms with Crippen molar-refractivity contribution in [2.45, 2.75) is 40.2 Å². The summed E-state index contributed by atoms with van der Waals surface area (Å²) >= 11 is 0. The van der Waals surface area contributed by atoms with Gasteiger partial charge in [-0.05, 0) is 34.6 Å². The molecule has 0 amide bonds. The van der Waals surface area contributed by atoms with Crippen molar-refractivity contribution in [3.8, 4) is 0 Å². The Morgan fingerprint density at radius 3 is 1.64 bits per heavy atom. The maximum Gasteiger partial charge on any atom is 0.503 e. The van der Waals surface area contributed by atoms with Gasteiger partial charge in [0.05, 0.1) is 12.2 Å². The van der Waals surface area contributed by atoms with E-state index in [9.17, 15) is 4.79 Å². The Morgan fingerprint density at radius 2 is 1.36 bits per heavy atom. The number of ether oxygens (including phenoxy) is 1. The standard InChI is InChI=1S/C10H18O4.2CH2O3/c1-6-12-9(11)8(2)7-13-14-10(3,4)5;2*2-1(3)4/h7H,6H2,1-5H3;2*(H2,2,3,4). The van der Waals surface area contributed by atoms with Gasteiger partial charge in [-0.2, -0.15) is 4.89 Å². The molecule has 10 heteroatoms. The van der Waals surface area contributed by atoms with Crippen LogP contribution < -0.4 is 0 Å². The van der Waals surface area contributed by atoms with E-state index in [0.717, 1.165) is 0 Å². The second-order valence-electron chi connectivity index (χ2n) is 4.38. The van der Waals surface area contributed by atoms with Gasteiger partial charge in [0.25, 0.3) is 0 Å². The van der Waals surface area contributed by atoms with Crippen molar-refractivity contribution < 1.29 is 49.3 Å². The molecular formula is C12H22O10. The molecule has 0 heterocycles. The van der Waals surface area contributed by atoms with E-state index >= 15 is 0 Å². The van der Waals surface area contributed by atoms with Gasteiger partial charge in [-0.15, -0.1) is 0 Å². The van der Waals surface area contributed by atoms with Gasteiger partial charge in [-0.3, -0.25) is 0 Å². The SMILES string of the molecule is CCOC(=O)C(C)=COOC(C)(C)C.O=C(O)O.O=C(O)O. The first-order chi connectivity index (χ1) is 9.83. The molecule has 0 bridgehead atoms. The summed E-state index contributed by atoms with van der Waals surface area (Å²) in [6, 6.07) is 0. The van der Waals surface area contributed by atoms with Crippen molar-refractivity contribution >= 4 is 18.3 Å². The summed E-state index contributed by atoms with van der Waals surface area (Å²) in [4.78, 5) is 37.9. The fourth-order valence-corrected chi connectivity index (χ4v) is 0.534. The third-order valence-corrected chi connectivity index (χ3v) is 1.12. The fourth-order valence-electron chi connectivity index (χ4n) is 0.534. The average molecular weight is 326 g/mol. The Hall–Kier alpha value is -2.49. The lowest BCUT2D eigenvalue weighted by molar-refractivity contribution is -0.310. The van der Waals surface area contributed by atoms with Crippen LogP contribution in [0, 0.1) is 0 Å². The zero-order chi connectivity index (χ0) is 18.3. The van der Waals surface area contributed by atoms with Crippen LogP contribution in [0.4, 0.5) is 9.59 Å². The van der Waals surface area contributed by atoms with Gasteiger partial charge in [-0.1, -0.05) is 0 Å². The highest BCUT2D eigenvalue weighted by molar-refractivity contribution is 5.87. The number of hydrogen-bond acceptors (Lipinski definition) is 6. The van der Waals surface area contributed by atoms with Crippen LogP contribution in [0.25, 0.3) is 0 Å². The van der Waals surface area contributed by atoms with Crippen molar-refractivity contribution in [1.82, 2.24) is 0 Å². The molecule has 10 nitrogen and oxygen atoms in total. The Kier molecular flexibility index (Phi) is 15.0. The lowest BCUT2D eigenvalue weighted by Gasteiger charge is -2.15.